The van der Waals surface area contributed by atoms with Crippen LogP contribution in [0.5, 0.6) is 5.75 Å². The Kier molecular flexibility index (Phi) is 3.06. The van der Waals surface area contributed by atoms with Gasteiger partial charge in [0.15, 0.2) is 0 Å². The predicted octanol–water partition coefficient (Wildman–Crippen LogP) is 3.54. The van der Waals surface area contributed by atoms with Crippen LogP contribution >= 0.6 is 11.8 Å². The molecule has 1 aliphatic rings. The van der Waals surface area contributed by atoms with Crippen molar-refractivity contribution < 1.29 is 5.11 Å². The Morgan fingerprint density at radius 3 is 2.58 bits per heavy atom. The molecule has 0 aliphatic carbocycles. The van der Waals surface area contributed by atoms with Crippen LogP contribution in [0.15, 0.2) is 53.4 Å². The highest BCUT2D eigenvalue weighted by molar-refractivity contribution is 8.00. The van der Waals surface area contributed by atoms with Gasteiger partial charge in [-0.1, -0.05) is 24.3 Å². The molecule has 0 amide bonds. The summed E-state index contributed by atoms with van der Waals surface area (Å²) in [7, 11) is 0. The van der Waals surface area contributed by atoms with Gasteiger partial charge in [-0.05, 0) is 29.8 Å². The zero-order valence-corrected chi connectivity index (χ0v) is 10.9. The molecule has 0 aromatic heterocycles. The van der Waals surface area contributed by atoms with E-state index in [9.17, 15) is 10.4 Å². The number of phenols is 1. The second-order valence-corrected chi connectivity index (χ2v) is 5.56. The van der Waals surface area contributed by atoms with Gasteiger partial charge in [0, 0.05) is 10.6 Å². The second kappa shape index (κ2) is 4.87. The maximum atomic E-state index is 9.35. The number of para-hydroxylation sites is 1. The van der Waals surface area contributed by atoms with Crippen molar-refractivity contribution in [1.82, 2.24) is 0 Å². The van der Waals surface area contributed by atoms with Crippen molar-refractivity contribution in [3.63, 3.8) is 0 Å². The van der Waals surface area contributed by atoms with Crippen LogP contribution in [0.2, 0.25) is 0 Å². The molecule has 2 aromatic rings. The number of phenolic OH excluding ortho intramolecular Hbond substituents is 1. The summed E-state index contributed by atoms with van der Waals surface area (Å²) in [5.41, 5.74) is 2.06. The lowest BCUT2D eigenvalue weighted by atomic mass is 10.0. The average Bonchev–Trinajstić information content (AvgIpc) is 2.46. The van der Waals surface area contributed by atoms with Crippen LogP contribution < -0.4 is 5.32 Å². The molecule has 2 unspecified atom stereocenters. The highest BCUT2D eigenvalue weighted by Crippen LogP contribution is 2.43. The summed E-state index contributed by atoms with van der Waals surface area (Å²) >= 11 is 1.58. The first kappa shape index (κ1) is 11.9. The number of rotatable bonds is 1. The molecule has 1 aliphatic heterocycles. The Morgan fingerprint density at radius 2 is 1.84 bits per heavy atom. The molecule has 19 heavy (non-hydrogen) atoms. The third-order valence-corrected chi connectivity index (χ3v) is 4.38. The van der Waals surface area contributed by atoms with E-state index in [4.69, 9.17) is 0 Å². The molecule has 3 nitrogen and oxygen atoms in total. The molecule has 2 aromatic carbocycles. The summed E-state index contributed by atoms with van der Waals surface area (Å²) in [5, 5.41) is 21.9. The normalized spacial score (nSPS) is 21.0. The van der Waals surface area contributed by atoms with Gasteiger partial charge in [-0.25, -0.2) is 0 Å². The zero-order valence-electron chi connectivity index (χ0n) is 10.1. The van der Waals surface area contributed by atoms with Crippen molar-refractivity contribution in [2.75, 3.05) is 5.32 Å². The molecule has 0 bridgehead atoms. The summed E-state index contributed by atoms with van der Waals surface area (Å²) < 4.78 is 0. The van der Waals surface area contributed by atoms with E-state index in [0.29, 0.717) is 0 Å². The molecular formula is C15H12N2OS. The standard InChI is InChI=1S/C15H12N2OS/c16-9-14-15(10-5-7-11(18)8-6-10)17-12-3-1-2-4-13(12)19-14/h1-8,14-15,17-18H. The van der Waals surface area contributed by atoms with E-state index in [2.05, 4.69) is 11.4 Å². The van der Waals surface area contributed by atoms with Crippen LogP contribution in [-0.4, -0.2) is 10.4 Å². The van der Waals surface area contributed by atoms with Gasteiger partial charge in [-0.2, -0.15) is 5.26 Å². The van der Waals surface area contributed by atoms with Crippen molar-refractivity contribution in [3.8, 4) is 11.8 Å². The first-order valence-electron chi connectivity index (χ1n) is 5.99. The molecule has 3 rings (SSSR count). The maximum absolute atomic E-state index is 9.35. The van der Waals surface area contributed by atoms with Gasteiger partial charge in [-0.3, -0.25) is 0 Å². The molecule has 1 heterocycles. The topological polar surface area (TPSA) is 56.0 Å². The number of aromatic hydroxyl groups is 1. The van der Waals surface area contributed by atoms with Gasteiger partial charge < -0.3 is 10.4 Å². The monoisotopic (exact) mass is 268 g/mol. The lowest BCUT2D eigenvalue weighted by Crippen LogP contribution is -2.25. The smallest absolute Gasteiger partial charge is 0.121 e. The number of thioether (sulfide) groups is 1. The average molecular weight is 268 g/mol. The van der Waals surface area contributed by atoms with Crippen molar-refractivity contribution in [1.29, 1.82) is 5.26 Å². The van der Waals surface area contributed by atoms with E-state index in [1.807, 2.05) is 36.4 Å². The van der Waals surface area contributed by atoms with Gasteiger partial charge in [0.1, 0.15) is 11.0 Å². The second-order valence-electron chi connectivity index (χ2n) is 4.38. The number of nitrogens with one attached hydrogen (secondary N) is 1. The van der Waals surface area contributed by atoms with Crippen molar-refractivity contribution >= 4 is 17.4 Å². The lowest BCUT2D eigenvalue weighted by Gasteiger charge is -2.30. The van der Waals surface area contributed by atoms with Crippen molar-refractivity contribution in [2.24, 2.45) is 0 Å². The molecule has 0 saturated carbocycles. The fourth-order valence-corrected chi connectivity index (χ4v) is 3.28. The summed E-state index contributed by atoms with van der Waals surface area (Å²) in [6.45, 7) is 0. The third kappa shape index (κ3) is 2.25. The summed E-state index contributed by atoms with van der Waals surface area (Å²) in [6, 6.07) is 17.3. The molecule has 94 valence electrons. The van der Waals surface area contributed by atoms with E-state index < -0.39 is 0 Å². The zero-order chi connectivity index (χ0) is 13.2. The van der Waals surface area contributed by atoms with Crippen LogP contribution in [0.4, 0.5) is 5.69 Å². The quantitative estimate of drug-likeness (QED) is 0.830. The van der Waals surface area contributed by atoms with Crippen molar-refractivity contribution in [2.45, 2.75) is 16.2 Å². The highest BCUT2D eigenvalue weighted by atomic mass is 32.2. The summed E-state index contributed by atoms with van der Waals surface area (Å²) in [5.74, 6) is 0.237. The predicted molar refractivity (Wildman–Crippen MR) is 76.2 cm³/mol. The molecule has 4 heteroatoms. The van der Waals surface area contributed by atoms with E-state index in [1.54, 1.807) is 23.9 Å². The van der Waals surface area contributed by atoms with Gasteiger partial charge in [-0.15, -0.1) is 11.8 Å². The lowest BCUT2D eigenvalue weighted by molar-refractivity contribution is 0.475. The van der Waals surface area contributed by atoms with Crippen LogP contribution in [-0.2, 0) is 0 Å². The third-order valence-electron chi connectivity index (χ3n) is 3.13. The first-order chi connectivity index (χ1) is 9.28. The molecule has 0 saturated heterocycles. The number of hydrogen-bond donors (Lipinski definition) is 2. The molecule has 0 fully saturated rings. The molecule has 0 radical (unpaired) electrons. The van der Waals surface area contributed by atoms with Gasteiger partial charge in [0.25, 0.3) is 0 Å². The Balaban J connectivity index is 1.98. The minimum absolute atomic E-state index is 0.0644. The maximum Gasteiger partial charge on any atom is 0.121 e. The Labute approximate surface area is 115 Å². The van der Waals surface area contributed by atoms with Crippen LogP contribution in [0.3, 0.4) is 0 Å². The number of anilines is 1. The Morgan fingerprint density at radius 1 is 1.11 bits per heavy atom. The minimum Gasteiger partial charge on any atom is -0.508 e. The van der Waals surface area contributed by atoms with Gasteiger partial charge in [0.05, 0.1) is 12.1 Å². The van der Waals surface area contributed by atoms with Gasteiger partial charge in [0.2, 0.25) is 0 Å². The van der Waals surface area contributed by atoms with Gasteiger partial charge >= 0.3 is 0 Å². The number of nitriles is 1. The van der Waals surface area contributed by atoms with E-state index >= 15 is 0 Å². The summed E-state index contributed by atoms with van der Waals surface area (Å²) in [4.78, 5) is 1.10. The van der Waals surface area contributed by atoms with Crippen LogP contribution in [0, 0.1) is 11.3 Å². The SMILES string of the molecule is N#CC1Sc2ccccc2NC1c1ccc(O)cc1. The van der Waals surface area contributed by atoms with Crippen LogP contribution in [0.25, 0.3) is 0 Å². The number of hydrogen-bond acceptors (Lipinski definition) is 4. The van der Waals surface area contributed by atoms with E-state index in [1.165, 1.54) is 0 Å². The fraction of sp³-hybridized carbons (Fsp3) is 0.133. The van der Waals surface area contributed by atoms with E-state index in [0.717, 1.165) is 16.1 Å². The Hall–Kier alpha value is -2.12. The van der Waals surface area contributed by atoms with Crippen molar-refractivity contribution in [3.05, 3.63) is 54.1 Å². The Bertz CT molecular complexity index is 633. The number of benzene rings is 2. The molecular weight excluding hydrogens is 256 g/mol. The minimum atomic E-state index is -0.181. The summed E-state index contributed by atoms with van der Waals surface area (Å²) in [6.07, 6.45) is 0. The molecule has 0 spiro atoms. The fourth-order valence-electron chi connectivity index (χ4n) is 2.18. The van der Waals surface area contributed by atoms with E-state index in [-0.39, 0.29) is 17.0 Å². The first-order valence-corrected chi connectivity index (χ1v) is 6.86. The van der Waals surface area contributed by atoms with Crippen LogP contribution in [0.1, 0.15) is 11.6 Å². The number of nitrogens with zero attached hydrogens (tertiary/aromatic N) is 1. The number of fused-ring (bicyclic) bond motifs is 1. The highest BCUT2D eigenvalue weighted by Gasteiger charge is 2.29. The molecule has 2 atom stereocenters. The molecule has 2 N–H and O–H groups in total. The largest absolute Gasteiger partial charge is 0.508 e.